The predicted octanol–water partition coefficient (Wildman–Crippen LogP) is 2.44. The SMILES string of the molecule is Cc1cccc(-c2ccn(-c3cc(N4CCOCC4)c4nc(COCCN)n(C)c4n3)n2)c1. The highest BCUT2D eigenvalue weighted by atomic mass is 16.5. The molecule has 172 valence electrons. The standard InChI is InChI=1S/C24H29N7O2/c1-17-4-3-5-18(14-17)19-6-8-31(28-19)21-15-20(30-9-12-32-13-10-30)23-24(27-21)29(2)22(26-23)16-33-11-7-25/h3-6,8,14-15H,7,9-13,16,25H2,1-2H3. The molecule has 0 atom stereocenters. The number of morpholine rings is 1. The van der Waals surface area contributed by atoms with E-state index < -0.39 is 0 Å². The van der Waals surface area contributed by atoms with Crippen LogP contribution in [0.5, 0.6) is 0 Å². The van der Waals surface area contributed by atoms with Gasteiger partial charge in [-0.15, -0.1) is 0 Å². The molecule has 0 aliphatic carbocycles. The lowest BCUT2D eigenvalue weighted by molar-refractivity contribution is 0.121. The van der Waals surface area contributed by atoms with E-state index in [0.29, 0.717) is 33.0 Å². The van der Waals surface area contributed by atoms with Crippen molar-refractivity contribution >= 4 is 16.9 Å². The number of rotatable bonds is 7. The first-order valence-electron chi connectivity index (χ1n) is 11.2. The molecule has 33 heavy (non-hydrogen) atoms. The van der Waals surface area contributed by atoms with Gasteiger partial charge in [0.05, 0.1) is 31.2 Å². The Hall–Kier alpha value is -3.27. The molecule has 1 fully saturated rings. The van der Waals surface area contributed by atoms with Gasteiger partial charge in [0.25, 0.3) is 0 Å². The molecule has 9 nitrogen and oxygen atoms in total. The Morgan fingerprint density at radius 1 is 1.12 bits per heavy atom. The molecule has 1 aromatic carbocycles. The second-order valence-corrected chi connectivity index (χ2v) is 8.21. The Morgan fingerprint density at radius 2 is 1.97 bits per heavy atom. The fraction of sp³-hybridized carbons (Fsp3) is 0.375. The maximum absolute atomic E-state index is 5.65. The van der Waals surface area contributed by atoms with E-state index in [-0.39, 0.29) is 0 Å². The van der Waals surface area contributed by atoms with Crippen LogP contribution in [0.1, 0.15) is 11.4 Å². The minimum absolute atomic E-state index is 0.390. The molecular formula is C24H29N7O2. The normalized spacial score (nSPS) is 14.3. The topological polar surface area (TPSA) is 96.2 Å². The number of anilines is 1. The average Bonchev–Trinajstić information content (AvgIpc) is 3.45. The van der Waals surface area contributed by atoms with Crippen LogP contribution < -0.4 is 10.6 Å². The summed E-state index contributed by atoms with van der Waals surface area (Å²) in [6.07, 6.45) is 1.95. The third kappa shape index (κ3) is 4.35. The number of fused-ring (bicyclic) bond motifs is 1. The number of benzene rings is 1. The Balaban J connectivity index is 1.58. The van der Waals surface area contributed by atoms with Gasteiger partial charge in [0.15, 0.2) is 11.5 Å². The van der Waals surface area contributed by atoms with Crippen LogP contribution in [0.25, 0.3) is 28.2 Å². The van der Waals surface area contributed by atoms with Gasteiger partial charge in [-0.2, -0.15) is 5.10 Å². The van der Waals surface area contributed by atoms with Crippen LogP contribution in [0.2, 0.25) is 0 Å². The van der Waals surface area contributed by atoms with Gasteiger partial charge < -0.3 is 24.7 Å². The fourth-order valence-corrected chi connectivity index (χ4v) is 4.11. The number of ether oxygens (including phenoxy) is 2. The average molecular weight is 448 g/mol. The summed E-state index contributed by atoms with van der Waals surface area (Å²) in [4.78, 5) is 12.1. The van der Waals surface area contributed by atoms with Crippen LogP contribution in [0.15, 0.2) is 42.6 Å². The lowest BCUT2D eigenvalue weighted by atomic mass is 10.1. The molecule has 9 heteroatoms. The summed E-state index contributed by atoms with van der Waals surface area (Å²) in [5.41, 5.74) is 11.5. The lowest BCUT2D eigenvalue weighted by Gasteiger charge is -2.29. The van der Waals surface area contributed by atoms with E-state index in [1.54, 1.807) is 0 Å². The van der Waals surface area contributed by atoms with E-state index in [9.17, 15) is 0 Å². The molecule has 0 radical (unpaired) electrons. The van der Waals surface area contributed by atoms with E-state index in [4.69, 9.17) is 30.3 Å². The van der Waals surface area contributed by atoms with E-state index in [1.807, 2.05) is 28.6 Å². The number of pyridine rings is 1. The summed E-state index contributed by atoms with van der Waals surface area (Å²) < 4.78 is 15.0. The first kappa shape index (κ1) is 21.6. The number of aromatic nitrogens is 5. The Labute approximate surface area is 192 Å². The van der Waals surface area contributed by atoms with Crippen LogP contribution in [0, 0.1) is 6.92 Å². The molecule has 0 bridgehead atoms. The molecule has 0 unspecified atom stereocenters. The largest absolute Gasteiger partial charge is 0.378 e. The van der Waals surface area contributed by atoms with Crippen molar-refractivity contribution in [3.05, 3.63) is 54.0 Å². The van der Waals surface area contributed by atoms with Crippen LogP contribution in [0.3, 0.4) is 0 Å². The molecule has 3 aromatic heterocycles. The molecule has 1 aliphatic rings. The lowest BCUT2D eigenvalue weighted by Crippen LogP contribution is -2.36. The minimum atomic E-state index is 0.390. The molecular weight excluding hydrogens is 418 g/mol. The fourth-order valence-electron chi connectivity index (χ4n) is 4.11. The maximum Gasteiger partial charge on any atom is 0.164 e. The monoisotopic (exact) mass is 447 g/mol. The first-order valence-corrected chi connectivity index (χ1v) is 11.2. The van der Waals surface area contributed by atoms with Crippen molar-refractivity contribution in [2.75, 3.05) is 44.4 Å². The highest BCUT2D eigenvalue weighted by Crippen LogP contribution is 2.29. The Kier molecular flexibility index (Phi) is 6.08. The van der Waals surface area contributed by atoms with Gasteiger partial charge in [-0.1, -0.05) is 23.8 Å². The number of hydrogen-bond acceptors (Lipinski definition) is 7. The number of imidazole rings is 1. The molecule has 0 amide bonds. The molecule has 1 saturated heterocycles. The van der Waals surface area contributed by atoms with E-state index in [1.165, 1.54) is 5.56 Å². The molecule has 0 spiro atoms. The molecule has 4 aromatic rings. The highest BCUT2D eigenvalue weighted by molar-refractivity contribution is 5.88. The number of hydrogen-bond donors (Lipinski definition) is 1. The second kappa shape index (κ2) is 9.30. The second-order valence-electron chi connectivity index (χ2n) is 8.21. The number of aryl methyl sites for hydroxylation is 2. The van der Waals surface area contributed by atoms with Crippen LogP contribution in [-0.4, -0.2) is 63.8 Å². The van der Waals surface area contributed by atoms with Gasteiger partial charge in [0, 0.05) is 44.5 Å². The van der Waals surface area contributed by atoms with Gasteiger partial charge in [0.1, 0.15) is 17.9 Å². The highest BCUT2D eigenvalue weighted by Gasteiger charge is 2.21. The third-order valence-electron chi connectivity index (χ3n) is 5.87. The van der Waals surface area contributed by atoms with Crippen LogP contribution in [0.4, 0.5) is 5.69 Å². The zero-order chi connectivity index (χ0) is 22.8. The van der Waals surface area contributed by atoms with Crippen molar-refractivity contribution in [3.8, 4) is 17.1 Å². The third-order valence-corrected chi connectivity index (χ3v) is 5.87. The van der Waals surface area contributed by atoms with Crippen LogP contribution in [-0.2, 0) is 23.1 Å². The minimum Gasteiger partial charge on any atom is -0.378 e. The van der Waals surface area contributed by atoms with E-state index in [2.05, 4.69) is 42.2 Å². The van der Waals surface area contributed by atoms with Crippen molar-refractivity contribution in [3.63, 3.8) is 0 Å². The van der Waals surface area contributed by atoms with Crippen molar-refractivity contribution in [2.45, 2.75) is 13.5 Å². The summed E-state index contributed by atoms with van der Waals surface area (Å²) in [5, 5.41) is 4.82. The number of nitrogens with two attached hydrogens (primary N) is 1. The van der Waals surface area contributed by atoms with Gasteiger partial charge in [-0.25, -0.2) is 14.6 Å². The number of nitrogens with zero attached hydrogens (tertiary/aromatic N) is 6. The van der Waals surface area contributed by atoms with Crippen molar-refractivity contribution in [1.82, 2.24) is 24.3 Å². The molecule has 0 saturated carbocycles. The summed E-state index contributed by atoms with van der Waals surface area (Å²) in [6, 6.07) is 12.4. The Morgan fingerprint density at radius 3 is 2.76 bits per heavy atom. The quantitative estimate of drug-likeness (QED) is 0.435. The van der Waals surface area contributed by atoms with E-state index in [0.717, 1.165) is 52.8 Å². The Bertz CT molecular complexity index is 1260. The van der Waals surface area contributed by atoms with Crippen LogP contribution >= 0.6 is 0 Å². The summed E-state index contributed by atoms with van der Waals surface area (Å²) in [6.45, 7) is 6.45. The van der Waals surface area contributed by atoms with Crippen molar-refractivity contribution in [1.29, 1.82) is 0 Å². The first-order chi connectivity index (χ1) is 16.1. The molecule has 5 rings (SSSR count). The zero-order valence-corrected chi connectivity index (χ0v) is 19.1. The van der Waals surface area contributed by atoms with E-state index >= 15 is 0 Å². The van der Waals surface area contributed by atoms with Crippen molar-refractivity contribution in [2.24, 2.45) is 12.8 Å². The summed E-state index contributed by atoms with van der Waals surface area (Å²) >= 11 is 0. The zero-order valence-electron chi connectivity index (χ0n) is 19.1. The van der Waals surface area contributed by atoms with Gasteiger partial charge >= 0.3 is 0 Å². The smallest absolute Gasteiger partial charge is 0.164 e. The van der Waals surface area contributed by atoms with Gasteiger partial charge in [0.2, 0.25) is 0 Å². The maximum atomic E-state index is 5.65. The molecule has 1 aliphatic heterocycles. The summed E-state index contributed by atoms with van der Waals surface area (Å²) in [5.74, 6) is 1.57. The molecule has 4 heterocycles. The molecule has 2 N–H and O–H groups in total. The van der Waals surface area contributed by atoms with Gasteiger partial charge in [-0.3, -0.25) is 0 Å². The van der Waals surface area contributed by atoms with Gasteiger partial charge in [-0.05, 0) is 19.1 Å². The predicted molar refractivity (Wildman–Crippen MR) is 128 cm³/mol. The van der Waals surface area contributed by atoms with Crippen molar-refractivity contribution < 1.29 is 9.47 Å². The summed E-state index contributed by atoms with van der Waals surface area (Å²) in [7, 11) is 1.97.